The molecule has 1 atom stereocenters. The van der Waals surface area contributed by atoms with Gasteiger partial charge in [-0.3, -0.25) is 4.79 Å². The standard InChI is InChI=1S/C8H15NO3/c1-3-4-5-7(9-6-10)8(11)12-2/h6-7H,3-5H2,1-2H3,(H,9,10). The first-order chi connectivity index (χ1) is 5.76. The van der Waals surface area contributed by atoms with Crippen LogP contribution in [0.2, 0.25) is 0 Å². The van der Waals surface area contributed by atoms with E-state index in [2.05, 4.69) is 10.1 Å². The second-order valence-electron chi connectivity index (χ2n) is 2.50. The van der Waals surface area contributed by atoms with Gasteiger partial charge in [-0.15, -0.1) is 0 Å². The zero-order valence-electron chi connectivity index (χ0n) is 7.50. The van der Waals surface area contributed by atoms with Crippen LogP contribution < -0.4 is 5.32 Å². The molecule has 1 unspecified atom stereocenters. The van der Waals surface area contributed by atoms with Crippen molar-refractivity contribution in [1.82, 2.24) is 5.32 Å². The molecule has 0 saturated heterocycles. The molecule has 0 aliphatic heterocycles. The molecule has 4 nitrogen and oxygen atoms in total. The van der Waals surface area contributed by atoms with Crippen molar-refractivity contribution in [3.8, 4) is 0 Å². The molecule has 1 N–H and O–H groups in total. The van der Waals surface area contributed by atoms with Crippen LogP contribution in [0.4, 0.5) is 0 Å². The summed E-state index contributed by atoms with van der Waals surface area (Å²) in [6.07, 6.45) is 3.06. The van der Waals surface area contributed by atoms with E-state index in [9.17, 15) is 9.59 Å². The van der Waals surface area contributed by atoms with E-state index in [0.29, 0.717) is 12.8 Å². The van der Waals surface area contributed by atoms with Gasteiger partial charge in [-0.1, -0.05) is 19.8 Å². The number of unbranched alkanes of at least 4 members (excludes halogenated alkanes) is 1. The summed E-state index contributed by atoms with van der Waals surface area (Å²) in [6.45, 7) is 2.02. The lowest BCUT2D eigenvalue weighted by molar-refractivity contribution is -0.144. The lowest BCUT2D eigenvalue weighted by Gasteiger charge is -2.12. The number of carbonyl (C=O) groups is 2. The fourth-order valence-electron chi connectivity index (χ4n) is 0.902. The van der Waals surface area contributed by atoms with Crippen molar-refractivity contribution in [1.29, 1.82) is 0 Å². The highest BCUT2D eigenvalue weighted by Crippen LogP contribution is 2.01. The number of nitrogens with one attached hydrogen (secondary N) is 1. The molecule has 12 heavy (non-hydrogen) atoms. The van der Waals surface area contributed by atoms with Crippen LogP contribution in [-0.4, -0.2) is 25.5 Å². The first-order valence-corrected chi connectivity index (χ1v) is 4.03. The number of esters is 1. The van der Waals surface area contributed by atoms with Gasteiger partial charge >= 0.3 is 5.97 Å². The molecule has 0 rings (SSSR count). The summed E-state index contributed by atoms with van der Waals surface area (Å²) in [4.78, 5) is 21.0. The maximum Gasteiger partial charge on any atom is 0.328 e. The van der Waals surface area contributed by atoms with Gasteiger partial charge in [0, 0.05) is 0 Å². The maximum absolute atomic E-state index is 11.0. The third kappa shape index (κ3) is 3.95. The number of ether oxygens (including phenoxy) is 1. The van der Waals surface area contributed by atoms with Crippen LogP contribution >= 0.6 is 0 Å². The van der Waals surface area contributed by atoms with Crippen LogP contribution in [0.5, 0.6) is 0 Å². The lowest BCUT2D eigenvalue weighted by atomic mass is 10.1. The topological polar surface area (TPSA) is 55.4 Å². The van der Waals surface area contributed by atoms with E-state index in [1.54, 1.807) is 0 Å². The SMILES string of the molecule is CCCCC(NC=O)C(=O)OC. The van der Waals surface area contributed by atoms with Crippen molar-refractivity contribution in [3.63, 3.8) is 0 Å². The highest BCUT2D eigenvalue weighted by atomic mass is 16.5. The molecule has 0 aliphatic carbocycles. The van der Waals surface area contributed by atoms with E-state index in [1.807, 2.05) is 6.92 Å². The first kappa shape index (κ1) is 10.9. The molecule has 70 valence electrons. The Kier molecular flexibility index (Phi) is 6.05. The third-order valence-electron chi connectivity index (χ3n) is 1.60. The van der Waals surface area contributed by atoms with E-state index in [-0.39, 0.29) is 5.97 Å². The van der Waals surface area contributed by atoms with Gasteiger partial charge in [-0.05, 0) is 6.42 Å². The molecule has 0 radical (unpaired) electrons. The predicted octanol–water partition coefficient (Wildman–Crippen LogP) is 0.464. The number of hydrogen-bond acceptors (Lipinski definition) is 3. The van der Waals surface area contributed by atoms with E-state index in [4.69, 9.17) is 0 Å². The fraction of sp³-hybridized carbons (Fsp3) is 0.750. The van der Waals surface area contributed by atoms with Gasteiger partial charge in [0.15, 0.2) is 0 Å². The first-order valence-electron chi connectivity index (χ1n) is 4.03. The number of carbonyl (C=O) groups excluding carboxylic acids is 2. The van der Waals surface area contributed by atoms with Crippen LogP contribution in [-0.2, 0) is 14.3 Å². The fourth-order valence-corrected chi connectivity index (χ4v) is 0.902. The van der Waals surface area contributed by atoms with E-state index < -0.39 is 6.04 Å². The van der Waals surface area contributed by atoms with E-state index >= 15 is 0 Å². The van der Waals surface area contributed by atoms with E-state index in [0.717, 1.165) is 12.8 Å². The highest BCUT2D eigenvalue weighted by Gasteiger charge is 2.16. The number of rotatable bonds is 6. The maximum atomic E-state index is 11.0. The Morgan fingerprint density at radius 3 is 2.75 bits per heavy atom. The quantitative estimate of drug-likeness (QED) is 0.469. The Morgan fingerprint density at radius 2 is 2.33 bits per heavy atom. The van der Waals surface area contributed by atoms with Crippen molar-refractivity contribution in [3.05, 3.63) is 0 Å². The molecule has 1 amide bonds. The molecule has 4 heteroatoms. The smallest absolute Gasteiger partial charge is 0.328 e. The Bertz CT molecular complexity index is 147. The van der Waals surface area contributed by atoms with Gasteiger partial charge < -0.3 is 10.1 Å². The second kappa shape index (κ2) is 6.64. The molecule has 0 fully saturated rings. The Morgan fingerprint density at radius 1 is 1.67 bits per heavy atom. The third-order valence-corrected chi connectivity index (χ3v) is 1.60. The monoisotopic (exact) mass is 173 g/mol. The number of hydrogen-bond donors (Lipinski definition) is 1. The van der Waals surface area contributed by atoms with E-state index in [1.165, 1.54) is 7.11 Å². The number of amides is 1. The summed E-state index contributed by atoms with van der Waals surface area (Å²) in [6, 6.07) is -0.479. The predicted molar refractivity (Wildman–Crippen MR) is 44.5 cm³/mol. The van der Waals surface area contributed by atoms with Gasteiger partial charge in [-0.2, -0.15) is 0 Å². The minimum absolute atomic E-state index is 0.379. The van der Waals surface area contributed by atoms with Crippen LogP contribution in [0.25, 0.3) is 0 Å². The lowest BCUT2D eigenvalue weighted by Crippen LogP contribution is -2.36. The van der Waals surface area contributed by atoms with Crippen LogP contribution in [0.3, 0.4) is 0 Å². The molecule has 0 spiro atoms. The Labute approximate surface area is 72.3 Å². The molecule has 0 aromatic rings. The zero-order valence-corrected chi connectivity index (χ0v) is 7.50. The highest BCUT2D eigenvalue weighted by molar-refractivity contribution is 5.77. The molecule has 0 aromatic carbocycles. The minimum atomic E-state index is -0.479. The largest absolute Gasteiger partial charge is 0.467 e. The van der Waals surface area contributed by atoms with Crippen molar-refractivity contribution in [2.45, 2.75) is 32.2 Å². The molecular formula is C8H15NO3. The summed E-state index contributed by atoms with van der Waals surface area (Å²) in [5.74, 6) is -0.379. The van der Waals surface area contributed by atoms with Gasteiger partial charge in [0.1, 0.15) is 6.04 Å². The molecule has 0 heterocycles. The number of methoxy groups -OCH3 is 1. The second-order valence-corrected chi connectivity index (χ2v) is 2.50. The van der Waals surface area contributed by atoms with Gasteiger partial charge in [-0.25, -0.2) is 4.79 Å². The van der Waals surface area contributed by atoms with Crippen molar-refractivity contribution in [2.75, 3.05) is 7.11 Å². The molecule has 0 aromatic heterocycles. The molecule has 0 bridgehead atoms. The Balaban J connectivity index is 3.84. The van der Waals surface area contributed by atoms with Gasteiger partial charge in [0.2, 0.25) is 6.41 Å². The minimum Gasteiger partial charge on any atom is -0.467 e. The normalized spacial score (nSPS) is 11.8. The summed E-state index contributed by atoms with van der Waals surface area (Å²) in [5, 5.41) is 2.41. The summed E-state index contributed by atoms with van der Waals surface area (Å²) in [5.41, 5.74) is 0. The molecular weight excluding hydrogens is 158 g/mol. The summed E-state index contributed by atoms with van der Waals surface area (Å²) < 4.78 is 4.50. The van der Waals surface area contributed by atoms with Gasteiger partial charge in [0.05, 0.1) is 7.11 Å². The van der Waals surface area contributed by atoms with Crippen molar-refractivity contribution in [2.24, 2.45) is 0 Å². The van der Waals surface area contributed by atoms with Crippen LogP contribution in [0.1, 0.15) is 26.2 Å². The Hall–Kier alpha value is -1.06. The van der Waals surface area contributed by atoms with Crippen molar-refractivity contribution < 1.29 is 14.3 Å². The zero-order chi connectivity index (χ0) is 9.40. The van der Waals surface area contributed by atoms with Crippen LogP contribution in [0.15, 0.2) is 0 Å². The molecule has 0 saturated carbocycles. The average molecular weight is 173 g/mol. The van der Waals surface area contributed by atoms with Gasteiger partial charge in [0.25, 0.3) is 0 Å². The summed E-state index contributed by atoms with van der Waals surface area (Å²) >= 11 is 0. The average Bonchev–Trinajstić information content (AvgIpc) is 2.11. The van der Waals surface area contributed by atoms with Crippen molar-refractivity contribution >= 4 is 12.4 Å². The summed E-state index contributed by atoms with van der Waals surface area (Å²) in [7, 11) is 1.31. The molecule has 0 aliphatic rings. The van der Waals surface area contributed by atoms with Crippen LogP contribution in [0, 0.1) is 0 Å².